The fourth-order valence-electron chi connectivity index (χ4n) is 2.46. The normalized spacial score (nSPS) is 13.6. The van der Waals surface area contributed by atoms with Gasteiger partial charge in [-0.2, -0.15) is 0 Å². The molecule has 26 heavy (non-hydrogen) atoms. The van der Waals surface area contributed by atoms with Crippen LogP contribution in [0.4, 0.5) is 0 Å². The first kappa shape index (κ1) is 20.4. The van der Waals surface area contributed by atoms with Crippen LogP contribution in [0.3, 0.4) is 0 Å². The van der Waals surface area contributed by atoms with Gasteiger partial charge in [0.25, 0.3) is 0 Å². The number of carboxylic acids is 1. The number of benzene rings is 1. The standard InChI is InChI=1S/C20H30N2O3Si/c1-20(2,3)26(4,5)25-14-17(12-11-16-9-7-6-8-10-16)22-13-18(19(23)24)21-15-22/h6-10,13,15,17H,11-12,14H2,1-5H3,(H,23,24)/t17-/m0/s1. The lowest BCUT2D eigenvalue weighted by atomic mass is 10.1. The van der Waals surface area contributed by atoms with Gasteiger partial charge < -0.3 is 14.1 Å². The van der Waals surface area contributed by atoms with Crippen LogP contribution in [0.15, 0.2) is 42.9 Å². The highest BCUT2D eigenvalue weighted by atomic mass is 28.4. The first-order valence-electron chi connectivity index (χ1n) is 9.05. The lowest BCUT2D eigenvalue weighted by Crippen LogP contribution is -2.42. The van der Waals surface area contributed by atoms with E-state index in [-0.39, 0.29) is 16.8 Å². The summed E-state index contributed by atoms with van der Waals surface area (Å²) in [5.74, 6) is -1.00. The number of aryl methyl sites for hydroxylation is 1. The van der Waals surface area contributed by atoms with E-state index < -0.39 is 14.3 Å². The number of aromatic carboxylic acids is 1. The van der Waals surface area contributed by atoms with Gasteiger partial charge in [0.05, 0.1) is 19.0 Å². The highest BCUT2D eigenvalue weighted by molar-refractivity contribution is 6.74. The Morgan fingerprint density at radius 3 is 2.46 bits per heavy atom. The first-order valence-corrected chi connectivity index (χ1v) is 12.0. The maximum Gasteiger partial charge on any atom is 0.356 e. The van der Waals surface area contributed by atoms with E-state index in [9.17, 15) is 4.79 Å². The molecule has 1 heterocycles. The second-order valence-electron chi connectivity index (χ2n) is 8.26. The average Bonchev–Trinajstić information content (AvgIpc) is 3.05. The zero-order chi connectivity index (χ0) is 19.4. The maximum atomic E-state index is 11.2. The van der Waals surface area contributed by atoms with Crippen LogP contribution in [0.25, 0.3) is 0 Å². The second kappa shape index (κ2) is 8.18. The summed E-state index contributed by atoms with van der Waals surface area (Å²) in [6, 6.07) is 10.4. The number of rotatable bonds is 8. The number of nitrogens with zero attached hydrogens (tertiary/aromatic N) is 2. The fourth-order valence-corrected chi connectivity index (χ4v) is 3.51. The van der Waals surface area contributed by atoms with E-state index in [1.807, 2.05) is 22.8 Å². The summed E-state index contributed by atoms with van der Waals surface area (Å²) >= 11 is 0. The van der Waals surface area contributed by atoms with Gasteiger partial charge in [0.2, 0.25) is 0 Å². The molecule has 0 saturated heterocycles. The second-order valence-corrected chi connectivity index (χ2v) is 13.1. The van der Waals surface area contributed by atoms with Crippen LogP contribution >= 0.6 is 0 Å². The molecule has 0 saturated carbocycles. The van der Waals surface area contributed by atoms with Gasteiger partial charge in [0, 0.05) is 6.20 Å². The summed E-state index contributed by atoms with van der Waals surface area (Å²) in [5, 5.41) is 9.29. The molecule has 0 aliphatic rings. The predicted octanol–water partition coefficient (Wildman–Crippen LogP) is 4.78. The van der Waals surface area contributed by atoms with Crippen molar-refractivity contribution in [2.75, 3.05) is 6.61 Å². The van der Waals surface area contributed by atoms with Crippen LogP contribution in [-0.2, 0) is 10.8 Å². The van der Waals surface area contributed by atoms with Gasteiger partial charge in [0.15, 0.2) is 14.0 Å². The molecule has 5 nitrogen and oxygen atoms in total. The summed E-state index contributed by atoms with van der Waals surface area (Å²) in [6.07, 6.45) is 4.99. The van der Waals surface area contributed by atoms with E-state index in [2.05, 4.69) is 51.0 Å². The van der Waals surface area contributed by atoms with Crippen molar-refractivity contribution in [1.29, 1.82) is 0 Å². The number of carboxylic acid groups (broad SMARTS) is 1. The lowest BCUT2D eigenvalue weighted by Gasteiger charge is -2.37. The Bertz CT molecular complexity index is 720. The molecule has 0 bridgehead atoms. The van der Waals surface area contributed by atoms with Gasteiger partial charge in [-0.05, 0) is 36.5 Å². The minimum Gasteiger partial charge on any atom is -0.476 e. The minimum absolute atomic E-state index is 0.0601. The summed E-state index contributed by atoms with van der Waals surface area (Å²) in [5.41, 5.74) is 1.34. The molecule has 0 aliphatic carbocycles. The minimum atomic E-state index is -1.87. The monoisotopic (exact) mass is 374 g/mol. The van der Waals surface area contributed by atoms with E-state index in [0.29, 0.717) is 6.61 Å². The molecule has 1 N–H and O–H groups in total. The number of hydrogen-bond donors (Lipinski definition) is 1. The van der Waals surface area contributed by atoms with Gasteiger partial charge in [-0.3, -0.25) is 0 Å². The van der Waals surface area contributed by atoms with Gasteiger partial charge in [0.1, 0.15) is 0 Å². The molecule has 1 aromatic heterocycles. The molecule has 2 aromatic rings. The first-order chi connectivity index (χ1) is 12.1. The maximum absolute atomic E-state index is 11.2. The van der Waals surface area contributed by atoms with Crippen molar-refractivity contribution in [3.05, 3.63) is 54.1 Å². The third-order valence-corrected chi connectivity index (χ3v) is 9.79. The Labute approximate surface area is 157 Å². The quantitative estimate of drug-likeness (QED) is 0.676. The van der Waals surface area contributed by atoms with Crippen molar-refractivity contribution in [1.82, 2.24) is 9.55 Å². The zero-order valence-electron chi connectivity index (χ0n) is 16.4. The molecule has 0 aliphatic heterocycles. The molecule has 0 unspecified atom stereocenters. The third kappa shape index (κ3) is 5.29. The largest absolute Gasteiger partial charge is 0.476 e. The Kier molecular flexibility index (Phi) is 6.42. The number of aromatic nitrogens is 2. The van der Waals surface area contributed by atoms with E-state index >= 15 is 0 Å². The molecule has 1 atom stereocenters. The van der Waals surface area contributed by atoms with Crippen molar-refractivity contribution in [3.8, 4) is 0 Å². The molecule has 1 aromatic carbocycles. The number of carbonyl (C=O) groups is 1. The van der Waals surface area contributed by atoms with Crippen molar-refractivity contribution in [2.45, 2.75) is 57.8 Å². The van der Waals surface area contributed by atoms with Crippen LogP contribution in [0.5, 0.6) is 0 Å². The molecule has 142 valence electrons. The van der Waals surface area contributed by atoms with Crippen LogP contribution < -0.4 is 0 Å². The Hall–Kier alpha value is -1.92. The van der Waals surface area contributed by atoms with Crippen LogP contribution in [0, 0.1) is 0 Å². The Morgan fingerprint density at radius 2 is 1.92 bits per heavy atom. The molecule has 0 radical (unpaired) electrons. The fraction of sp³-hybridized carbons (Fsp3) is 0.500. The smallest absolute Gasteiger partial charge is 0.356 e. The van der Waals surface area contributed by atoms with Crippen LogP contribution in [0.2, 0.25) is 18.1 Å². The van der Waals surface area contributed by atoms with Gasteiger partial charge in [-0.15, -0.1) is 0 Å². The highest BCUT2D eigenvalue weighted by Crippen LogP contribution is 2.37. The SMILES string of the molecule is CC(C)(C)[Si](C)(C)OC[C@H](CCc1ccccc1)n1cnc(C(=O)O)c1. The van der Waals surface area contributed by atoms with Gasteiger partial charge in [-0.1, -0.05) is 51.1 Å². The van der Waals surface area contributed by atoms with E-state index in [0.717, 1.165) is 12.8 Å². The molecule has 0 spiro atoms. The van der Waals surface area contributed by atoms with Gasteiger partial charge in [-0.25, -0.2) is 9.78 Å². The summed E-state index contributed by atoms with van der Waals surface area (Å²) < 4.78 is 8.30. The van der Waals surface area contributed by atoms with Gasteiger partial charge >= 0.3 is 5.97 Å². The van der Waals surface area contributed by atoms with E-state index in [1.54, 1.807) is 12.5 Å². The van der Waals surface area contributed by atoms with Crippen molar-refractivity contribution < 1.29 is 14.3 Å². The van der Waals surface area contributed by atoms with Crippen molar-refractivity contribution in [3.63, 3.8) is 0 Å². The summed E-state index contributed by atoms with van der Waals surface area (Å²) in [4.78, 5) is 15.2. The topological polar surface area (TPSA) is 64.4 Å². The van der Waals surface area contributed by atoms with Crippen molar-refractivity contribution >= 4 is 14.3 Å². The average molecular weight is 375 g/mol. The van der Waals surface area contributed by atoms with Crippen LogP contribution in [0.1, 0.15) is 49.3 Å². The molecule has 2 rings (SSSR count). The van der Waals surface area contributed by atoms with Crippen molar-refractivity contribution in [2.24, 2.45) is 0 Å². The lowest BCUT2D eigenvalue weighted by molar-refractivity contribution is 0.0690. The molecule has 0 amide bonds. The number of hydrogen-bond acceptors (Lipinski definition) is 3. The molecule has 0 fully saturated rings. The van der Waals surface area contributed by atoms with E-state index in [1.165, 1.54) is 5.56 Å². The molecular weight excluding hydrogens is 344 g/mol. The summed E-state index contributed by atoms with van der Waals surface area (Å²) in [7, 11) is -1.87. The third-order valence-electron chi connectivity index (χ3n) is 5.29. The Balaban J connectivity index is 2.13. The molecular formula is C20H30N2O3Si. The summed E-state index contributed by atoms with van der Waals surface area (Å²) in [6.45, 7) is 11.7. The van der Waals surface area contributed by atoms with E-state index in [4.69, 9.17) is 9.53 Å². The highest BCUT2D eigenvalue weighted by Gasteiger charge is 2.37. The predicted molar refractivity (Wildman–Crippen MR) is 106 cm³/mol. The number of imidazole rings is 1. The van der Waals surface area contributed by atoms with Crippen LogP contribution in [-0.4, -0.2) is 35.6 Å². The Morgan fingerprint density at radius 1 is 1.27 bits per heavy atom. The molecule has 6 heteroatoms. The zero-order valence-corrected chi connectivity index (χ0v) is 17.4.